The molecule has 2 N–H and O–H groups in total. The molecule has 1 aliphatic heterocycles. The van der Waals surface area contributed by atoms with Crippen molar-refractivity contribution >= 4 is 23.3 Å². The number of nitrogens with zero attached hydrogens (tertiary/aromatic N) is 1. The van der Waals surface area contributed by atoms with Crippen molar-refractivity contribution in [2.75, 3.05) is 25.5 Å². The maximum absolute atomic E-state index is 12.1. The van der Waals surface area contributed by atoms with Crippen molar-refractivity contribution in [2.45, 2.75) is 32.7 Å². The average Bonchev–Trinajstić information content (AvgIpc) is 2.36. The first kappa shape index (κ1) is 15.1. The van der Waals surface area contributed by atoms with E-state index >= 15 is 0 Å². The molecule has 5 heteroatoms. The number of anilines is 1. The second-order valence-corrected chi connectivity index (χ2v) is 6.02. The molecule has 20 heavy (non-hydrogen) atoms. The Kier molecular flexibility index (Phi) is 4.89. The lowest BCUT2D eigenvalue weighted by Gasteiger charge is -2.29. The van der Waals surface area contributed by atoms with Crippen LogP contribution in [-0.2, 0) is 0 Å². The summed E-state index contributed by atoms with van der Waals surface area (Å²) in [5.74, 6) is 0. The number of carbonyl (C=O) groups excluding carboxylic acids is 1. The molecule has 0 unspecified atom stereocenters. The Morgan fingerprint density at radius 3 is 2.55 bits per heavy atom. The summed E-state index contributed by atoms with van der Waals surface area (Å²) in [6.07, 6.45) is 1.98. The predicted octanol–water partition coefficient (Wildman–Crippen LogP) is 3.17. The molecule has 1 aromatic carbocycles. The van der Waals surface area contributed by atoms with Gasteiger partial charge in [0.25, 0.3) is 0 Å². The molecule has 1 heterocycles. The fourth-order valence-corrected chi connectivity index (χ4v) is 2.93. The summed E-state index contributed by atoms with van der Waals surface area (Å²) in [4.78, 5) is 14.3. The zero-order valence-corrected chi connectivity index (χ0v) is 13.0. The fourth-order valence-electron chi connectivity index (χ4n) is 2.56. The second-order valence-electron chi connectivity index (χ2n) is 5.61. The maximum Gasteiger partial charge on any atom is 0.319 e. The number of aryl methyl sites for hydroxylation is 2. The Morgan fingerprint density at radius 1 is 1.30 bits per heavy atom. The highest BCUT2D eigenvalue weighted by atomic mass is 35.5. The molecule has 0 aliphatic carbocycles. The number of nitrogens with one attached hydrogen (secondary N) is 2. The molecule has 1 aliphatic rings. The summed E-state index contributed by atoms with van der Waals surface area (Å²) < 4.78 is 0. The van der Waals surface area contributed by atoms with E-state index < -0.39 is 0 Å². The lowest BCUT2D eigenvalue weighted by atomic mass is 10.1. The first-order chi connectivity index (χ1) is 9.45. The Hall–Kier alpha value is -1.26. The number of urea groups is 1. The molecule has 4 nitrogen and oxygen atoms in total. The molecule has 0 radical (unpaired) electrons. The molecule has 0 spiro atoms. The van der Waals surface area contributed by atoms with E-state index in [2.05, 4.69) is 22.6 Å². The van der Waals surface area contributed by atoms with E-state index in [1.807, 2.05) is 26.0 Å². The predicted molar refractivity (Wildman–Crippen MR) is 83.6 cm³/mol. The van der Waals surface area contributed by atoms with Gasteiger partial charge in [0.15, 0.2) is 0 Å². The van der Waals surface area contributed by atoms with Gasteiger partial charge in [0.05, 0.1) is 10.7 Å². The largest absolute Gasteiger partial charge is 0.335 e. The van der Waals surface area contributed by atoms with Gasteiger partial charge >= 0.3 is 6.03 Å². The van der Waals surface area contributed by atoms with E-state index in [0.29, 0.717) is 10.7 Å². The van der Waals surface area contributed by atoms with E-state index in [1.54, 1.807) is 0 Å². The molecule has 0 bridgehead atoms. The van der Waals surface area contributed by atoms with Crippen LogP contribution >= 0.6 is 11.6 Å². The van der Waals surface area contributed by atoms with E-state index in [-0.39, 0.29) is 12.1 Å². The number of halogens is 1. The van der Waals surface area contributed by atoms with Gasteiger partial charge in [-0.05, 0) is 64.0 Å². The standard InChI is InChI=1S/C15H22ClN3O/c1-10-8-11(2)14(13(16)9-10)18-15(20)17-12-4-6-19(3)7-5-12/h8-9,12H,4-7H2,1-3H3,(H2,17,18,20). The van der Waals surface area contributed by atoms with E-state index in [1.165, 1.54) is 0 Å². The van der Waals surface area contributed by atoms with Crippen molar-refractivity contribution in [3.05, 3.63) is 28.3 Å². The van der Waals surface area contributed by atoms with Gasteiger partial charge in [0.2, 0.25) is 0 Å². The topological polar surface area (TPSA) is 44.4 Å². The van der Waals surface area contributed by atoms with Crippen molar-refractivity contribution in [2.24, 2.45) is 0 Å². The first-order valence-corrected chi connectivity index (χ1v) is 7.36. The molecule has 110 valence electrons. The van der Waals surface area contributed by atoms with Crippen LogP contribution < -0.4 is 10.6 Å². The van der Waals surface area contributed by atoms with Crippen LogP contribution in [0.25, 0.3) is 0 Å². The van der Waals surface area contributed by atoms with Crippen molar-refractivity contribution < 1.29 is 4.79 Å². The molecule has 0 aromatic heterocycles. The third-order valence-electron chi connectivity index (χ3n) is 3.72. The van der Waals surface area contributed by atoms with Crippen molar-refractivity contribution in [1.29, 1.82) is 0 Å². The fraction of sp³-hybridized carbons (Fsp3) is 0.533. The lowest BCUT2D eigenvalue weighted by molar-refractivity contribution is 0.221. The molecule has 1 fully saturated rings. The second kappa shape index (κ2) is 6.46. The van der Waals surface area contributed by atoms with Gasteiger partial charge in [-0.3, -0.25) is 0 Å². The third kappa shape index (κ3) is 3.87. The normalized spacial score (nSPS) is 17.0. The highest BCUT2D eigenvalue weighted by Crippen LogP contribution is 2.27. The quantitative estimate of drug-likeness (QED) is 0.880. The van der Waals surface area contributed by atoms with Crippen LogP contribution in [0.5, 0.6) is 0 Å². The number of amides is 2. The van der Waals surface area contributed by atoms with Gasteiger partial charge in [-0.25, -0.2) is 4.79 Å². The smallest absolute Gasteiger partial charge is 0.319 e. The van der Waals surface area contributed by atoms with Gasteiger partial charge in [0, 0.05) is 6.04 Å². The SMILES string of the molecule is Cc1cc(C)c(NC(=O)NC2CCN(C)CC2)c(Cl)c1. The van der Waals surface area contributed by atoms with Crippen molar-refractivity contribution in [3.63, 3.8) is 0 Å². The summed E-state index contributed by atoms with van der Waals surface area (Å²) in [6.45, 7) is 5.98. The third-order valence-corrected chi connectivity index (χ3v) is 4.02. The minimum Gasteiger partial charge on any atom is -0.335 e. The monoisotopic (exact) mass is 295 g/mol. The lowest BCUT2D eigenvalue weighted by Crippen LogP contribution is -2.44. The van der Waals surface area contributed by atoms with Gasteiger partial charge in [-0.1, -0.05) is 17.7 Å². The molecule has 1 saturated heterocycles. The molecule has 2 rings (SSSR count). The van der Waals surface area contributed by atoms with Crippen molar-refractivity contribution in [3.8, 4) is 0 Å². The van der Waals surface area contributed by atoms with E-state index in [4.69, 9.17) is 11.6 Å². The summed E-state index contributed by atoms with van der Waals surface area (Å²) in [5, 5.41) is 6.47. The van der Waals surface area contributed by atoms with E-state index in [0.717, 1.165) is 37.1 Å². The van der Waals surface area contributed by atoms with Gasteiger partial charge < -0.3 is 15.5 Å². The minimum absolute atomic E-state index is 0.173. The van der Waals surface area contributed by atoms with Crippen LogP contribution in [0.4, 0.5) is 10.5 Å². The first-order valence-electron chi connectivity index (χ1n) is 6.98. The molecular formula is C15H22ClN3O. The number of piperidine rings is 1. The molecule has 2 amide bonds. The number of carbonyl (C=O) groups is 1. The highest BCUT2D eigenvalue weighted by Gasteiger charge is 2.19. The van der Waals surface area contributed by atoms with Gasteiger partial charge in [-0.15, -0.1) is 0 Å². The summed E-state index contributed by atoms with van der Waals surface area (Å²) in [7, 11) is 2.10. The molecule has 0 saturated carbocycles. The average molecular weight is 296 g/mol. The van der Waals surface area contributed by atoms with Crippen LogP contribution in [0.2, 0.25) is 5.02 Å². The van der Waals surface area contributed by atoms with Crippen LogP contribution in [0.1, 0.15) is 24.0 Å². The van der Waals surface area contributed by atoms with Crippen LogP contribution in [-0.4, -0.2) is 37.1 Å². The molecule has 0 atom stereocenters. The zero-order valence-electron chi connectivity index (χ0n) is 12.3. The Morgan fingerprint density at radius 2 is 1.95 bits per heavy atom. The maximum atomic E-state index is 12.1. The number of likely N-dealkylation sites (tertiary alicyclic amines) is 1. The highest BCUT2D eigenvalue weighted by molar-refractivity contribution is 6.34. The summed E-state index contributed by atoms with van der Waals surface area (Å²) >= 11 is 6.19. The summed E-state index contributed by atoms with van der Waals surface area (Å²) in [6, 6.07) is 3.95. The van der Waals surface area contributed by atoms with Crippen molar-refractivity contribution in [1.82, 2.24) is 10.2 Å². The molecule has 1 aromatic rings. The molecular weight excluding hydrogens is 274 g/mol. The number of rotatable bonds is 2. The van der Waals surface area contributed by atoms with Crippen LogP contribution in [0.15, 0.2) is 12.1 Å². The Bertz CT molecular complexity index is 473. The minimum atomic E-state index is -0.173. The van der Waals surface area contributed by atoms with Crippen LogP contribution in [0.3, 0.4) is 0 Å². The Labute approximate surface area is 125 Å². The Balaban J connectivity index is 1.95. The number of hydrogen-bond donors (Lipinski definition) is 2. The van der Waals surface area contributed by atoms with Gasteiger partial charge in [0.1, 0.15) is 0 Å². The van der Waals surface area contributed by atoms with Gasteiger partial charge in [-0.2, -0.15) is 0 Å². The zero-order chi connectivity index (χ0) is 14.7. The van der Waals surface area contributed by atoms with Crippen LogP contribution in [0, 0.1) is 13.8 Å². The van der Waals surface area contributed by atoms with E-state index in [9.17, 15) is 4.79 Å². The number of benzene rings is 1. The number of hydrogen-bond acceptors (Lipinski definition) is 2. The summed E-state index contributed by atoms with van der Waals surface area (Å²) in [5.41, 5.74) is 2.77.